The smallest absolute Gasteiger partial charge is 0.220 e. The molecule has 0 aromatic carbocycles. The number of primary amides is 1. The Morgan fingerprint density at radius 3 is 3.15 bits per heavy atom. The number of fused-ring (bicyclic) bond motifs is 1. The Bertz CT molecular complexity index is 350. The molecule has 1 unspecified atom stereocenters. The molecule has 3 nitrogen and oxygen atoms in total. The second-order valence-corrected chi connectivity index (χ2v) is 4.84. The summed E-state index contributed by atoms with van der Waals surface area (Å²) in [6.07, 6.45) is 2.35. The summed E-state index contributed by atoms with van der Waals surface area (Å²) in [7, 11) is 0. The van der Waals surface area contributed by atoms with E-state index in [4.69, 9.17) is 17.3 Å². The molecular weight excluding hydrogens is 208 g/mol. The highest BCUT2D eigenvalue weighted by Crippen LogP contribution is 2.31. The number of amides is 1. The lowest BCUT2D eigenvalue weighted by Gasteiger charge is -2.17. The number of nitrogens with two attached hydrogens (primary N) is 1. The Morgan fingerprint density at radius 2 is 2.46 bits per heavy atom. The minimum atomic E-state index is -0.213. The van der Waals surface area contributed by atoms with Crippen LogP contribution in [-0.4, -0.2) is 10.9 Å². The molecule has 1 aliphatic rings. The summed E-state index contributed by atoms with van der Waals surface area (Å²) in [5.74, 6) is -0.237. The molecule has 0 saturated carbocycles. The highest BCUT2D eigenvalue weighted by molar-refractivity contribution is 7.15. The predicted octanol–water partition coefficient (Wildman–Crippen LogP) is 1.39. The zero-order chi connectivity index (χ0) is 9.42. The molecule has 0 saturated heterocycles. The average molecular weight is 217 g/mol. The first-order valence-corrected chi connectivity index (χ1v) is 5.29. The van der Waals surface area contributed by atoms with Crippen molar-refractivity contribution >= 4 is 28.8 Å². The van der Waals surface area contributed by atoms with Crippen molar-refractivity contribution in [1.82, 2.24) is 4.98 Å². The number of carbonyl (C=O) groups excluding carboxylic acids is 1. The SMILES string of the molecule is NC(=O)C1CCc2nc(Cl)sc2C1. The summed E-state index contributed by atoms with van der Waals surface area (Å²) in [4.78, 5) is 16.2. The van der Waals surface area contributed by atoms with Gasteiger partial charge < -0.3 is 5.73 Å². The third-order valence-electron chi connectivity index (χ3n) is 2.32. The van der Waals surface area contributed by atoms with Crippen molar-refractivity contribution in [3.8, 4) is 0 Å². The van der Waals surface area contributed by atoms with Crippen LogP contribution in [0.5, 0.6) is 0 Å². The van der Waals surface area contributed by atoms with Crippen molar-refractivity contribution in [3.63, 3.8) is 0 Å². The van der Waals surface area contributed by atoms with Crippen molar-refractivity contribution in [3.05, 3.63) is 15.0 Å². The predicted molar refractivity (Wildman–Crippen MR) is 51.8 cm³/mol. The van der Waals surface area contributed by atoms with E-state index < -0.39 is 0 Å². The van der Waals surface area contributed by atoms with Gasteiger partial charge in [0.1, 0.15) is 0 Å². The molecule has 70 valence electrons. The number of carbonyl (C=O) groups is 1. The maximum Gasteiger partial charge on any atom is 0.220 e. The van der Waals surface area contributed by atoms with Gasteiger partial charge in [0.15, 0.2) is 4.47 Å². The van der Waals surface area contributed by atoms with Gasteiger partial charge in [0.05, 0.1) is 5.69 Å². The van der Waals surface area contributed by atoms with Gasteiger partial charge in [0.25, 0.3) is 0 Å². The van der Waals surface area contributed by atoms with Crippen LogP contribution in [0, 0.1) is 5.92 Å². The van der Waals surface area contributed by atoms with Crippen LogP contribution in [0.3, 0.4) is 0 Å². The highest BCUT2D eigenvalue weighted by Gasteiger charge is 2.25. The number of rotatable bonds is 1. The molecule has 1 aliphatic carbocycles. The zero-order valence-electron chi connectivity index (χ0n) is 6.92. The molecule has 5 heteroatoms. The summed E-state index contributed by atoms with van der Waals surface area (Å²) >= 11 is 7.23. The normalized spacial score (nSPS) is 21.2. The molecule has 1 aromatic rings. The molecule has 1 atom stereocenters. The molecule has 2 N–H and O–H groups in total. The van der Waals surface area contributed by atoms with Crippen LogP contribution in [0.2, 0.25) is 4.47 Å². The van der Waals surface area contributed by atoms with E-state index in [2.05, 4.69) is 4.98 Å². The van der Waals surface area contributed by atoms with Crippen molar-refractivity contribution in [2.75, 3.05) is 0 Å². The van der Waals surface area contributed by atoms with E-state index in [9.17, 15) is 4.79 Å². The number of halogens is 1. The van der Waals surface area contributed by atoms with Crippen LogP contribution in [0.25, 0.3) is 0 Å². The molecule has 0 fully saturated rings. The first-order valence-electron chi connectivity index (χ1n) is 4.10. The average Bonchev–Trinajstić information content (AvgIpc) is 2.42. The second-order valence-electron chi connectivity index (χ2n) is 3.18. The first kappa shape index (κ1) is 8.97. The van der Waals surface area contributed by atoms with Crippen molar-refractivity contribution in [2.24, 2.45) is 11.7 Å². The summed E-state index contributed by atoms with van der Waals surface area (Å²) in [6, 6.07) is 0. The topological polar surface area (TPSA) is 56.0 Å². The van der Waals surface area contributed by atoms with Gasteiger partial charge in [-0.3, -0.25) is 4.79 Å². The van der Waals surface area contributed by atoms with Crippen molar-refractivity contribution in [2.45, 2.75) is 19.3 Å². The molecule has 1 amide bonds. The fourth-order valence-electron chi connectivity index (χ4n) is 1.59. The van der Waals surface area contributed by atoms with Gasteiger partial charge in [0.2, 0.25) is 5.91 Å². The highest BCUT2D eigenvalue weighted by atomic mass is 35.5. The van der Waals surface area contributed by atoms with E-state index in [1.807, 2.05) is 0 Å². The molecule has 1 heterocycles. The lowest BCUT2D eigenvalue weighted by Crippen LogP contribution is -2.28. The molecule has 0 radical (unpaired) electrons. The molecule has 13 heavy (non-hydrogen) atoms. The Hall–Kier alpha value is -0.610. The molecule has 0 bridgehead atoms. The van der Waals surface area contributed by atoms with Crippen LogP contribution in [0.15, 0.2) is 0 Å². The van der Waals surface area contributed by atoms with Crippen molar-refractivity contribution < 1.29 is 4.79 Å². The molecule has 0 spiro atoms. The standard InChI is InChI=1S/C8H9ClN2OS/c9-8-11-5-2-1-4(7(10)12)3-6(5)13-8/h4H,1-3H2,(H2,10,12). The van der Waals surface area contributed by atoms with E-state index in [0.717, 1.165) is 29.8 Å². The maximum atomic E-state index is 10.9. The van der Waals surface area contributed by atoms with Gasteiger partial charge in [-0.2, -0.15) is 0 Å². The summed E-state index contributed by atoms with van der Waals surface area (Å²) in [6.45, 7) is 0. The fraction of sp³-hybridized carbons (Fsp3) is 0.500. The number of hydrogen-bond acceptors (Lipinski definition) is 3. The molecule has 2 rings (SSSR count). The van der Waals surface area contributed by atoms with E-state index >= 15 is 0 Å². The molecule has 0 aliphatic heterocycles. The Balaban J connectivity index is 2.24. The van der Waals surface area contributed by atoms with Crippen LogP contribution < -0.4 is 5.73 Å². The fourth-order valence-corrected chi connectivity index (χ4v) is 2.88. The molecule has 1 aromatic heterocycles. The molecular formula is C8H9ClN2OS. The largest absolute Gasteiger partial charge is 0.369 e. The number of hydrogen-bond donors (Lipinski definition) is 1. The van der Waals surface area contributed by atoms with E-state index in [-0.39, 0.29) is 11.8 Å². The summed E-state index contributed by atoms with van der Waals surface area (Å²) in [5.41, 5.74) is 6.29. The Labute approximate surface area is 84.9 Å². The van der Waals surface area contributed by atoms with Gasteiger partial charge in [0, 0.05) is 10.8 Å². The van der Waals surface area contributed by atoms with Gasteiger partial charge in [-0.05, 0) is 19.3 Å². The van der Waals surface area contributed by atoms with Crippen LogP contribution in [0.1, 0.15) is 17.0 Å². The number of nitrogens with zero attached hydrogens (tertiary/aromatic N) is 1. The Kier molecular flexibility index (Phi) is 2.26. The Morgan fingerprint density at radius 1 is 1.69 bits per heavy atom. The van der Waals surface area contributed by atoms with Gasteiger partial charge in [-0.1, -0.05) is 11.6 Å². The summed E-state index contributed by atoms with van der Waals surface area (Å²) < 4.78 is 0.565. The lowest BCUT2D eigenvalue weighted by molar-refractivity contribution is -0.122. The van der Waals surface area contributed by atoms with E-state index in [1.165, 1.54) is 11.3 Å². The number of aromatic nitrogens is 1. The third-order valence-corrected chi connectivity index (χ3v) is 3.54. The minimum absolute atomic E-state index is 0.0241. The lowest BCUT2D eigenvalue weighted by atomic mass is 9.91. The van der Waals surface area contributed by atoms with Gasteiger partial charge >= 0.3 is 0 Å². The van der Waals surface area contributed by atoms with E-state index in [1.54, 1.807) is 0 Å². The van der Waals surface area contributed by atoms with Gasteiger partial charge in [-0.25, -0.2) is 4.98 Å². The zero-order valence-corrected chi connectivity index (χ0v) is 8.49. The van der Waals surface area contributed by atoms with Gasteiger partial charge in [-0.15, -0.1) is 11.3 Å². The minimum Gasteiger partial charge on any atom is -0.369 e. The van der Waals surface area contributed by atoms with Crippen LogP contribution >= 0.6 is 22.9 Å². The maximum absolute atomic E-state index is 10.9. The second kappa shape index (κ2) is 3.27. The van der Waals surface area contributed by atoms with Crippen molar-refractivity contribution in [1.29, 1.82) is 0 Å². The third kappa shape index (κ3) is 1.69. The quantitative estimate of drug-likeness (QED) is 0.771. The monoisotopic (exact) mass is 216 g/mol. The first-order chi connectivity index (χ1) is 6.16. The van der Waals surface area contributed by atoms with Crippen LogP contribution in [-0.2, 0) is 17.6 Å². The van der Waals surface area contributed by atoms with Crippen LogP contribution in [0.4, 0.5) is 0 Å². The summed E-state index contributed by atoms with van der Waals surface area (Å²) in [5, 5.41) is 0. The number of aryl methyl sites for hydroxylation is 1. The van der Waals surface area contributed by atoms with E-state index in [0.29, 0.717) is 4.47 Å². The number of thiazole rings is 1.